The summed E-state index contributed by atoms with van der Waals surface area (Å²) in [5.74, 6) is -0.611. The first kappa shape index (κ1) is 8.43. The van der Waals surface area contributed by atoms with E-state index in [9.17, 15) is 4.79 Å². The first-order valence-corrected chi connectivity index (χ1v) is 2.94. The molecular formula is C6H14N2O. The van der Waals surface area contributed by atoms with E-state index in [1.54, 1.807) is 20.8 Å². The Balaban J connectivity index is 4.04. The topological polar surface area (TPSA) is 69.1 Å². The van der Waals surface area contributed by atoms with Gasteiger partial charge in [0.1, 0.15) is 0 Å². The molecule has 0 radical (unpaired) electrons. The molecule has 3 heteroatoms. The molecule has 0 heterocycles. The molecule has 0 fully saturated rings. The second-order valence-corrected chi connectivity index (χ2v) is 2.95. The molecule has 3 nitrogen and oxygen atoms in total. The molecule has 54 valence electrons. The molecule has 0 aromatic carbocycles. The van der Waals surface area contributed by atoms with Crippen LogP contribution in [0.4, 0.5) is 0 Å². The quantitative estimate of drug-likeness (QED) is 0.545. The van der Waals surface area contributed by atoms with E-state index in [0.29, 0.717) is 0 Å². The van der Waals surface area contributed by atoms with Gasteiger partial charge in [0.15, 0.2) is 0 Å². The number of carbonyl (C=O) groups excluding carboxylic acids is 1. The number of nitrogens with two attached hydrogens (primary N) is 2. The predicted octanol–water partition coefficient (Wildman–Crippen LogP) is -0.155. The Kier molecular flexibility index (Phi) is 2.20. The zero-order chi connectivity index (χ0) is 7.65. The molecule has 0 aliphatic heterocycles. The number of rotatable bonds is 2. The van der Waals surface area contributed by atoms with Crippen LogP contribution < -0.4 is 11.5 Å². The Morgan fingerprint density at radius 1 is 1.56 bits per heavy atom. The maximum Gasteiger partial charge on any atom is 0.222 e. The monoisotopic (exact) mass is 130 g/mol. The second-order valence-electron chi connectivity index (χ2n) is 2.95. The minimum absolute atomic E-state index is 0.266. The van der Waals surface area contributed by atoms with Gasteiger partial charge in [-0.25, -0.2) is 0 Å². The minimum atomic E-state index is -0.494. The van der Waals surface area contributed by atoms with E-state index in [0.717, 1.165) is 0 Å². The van der Waals surface area contributed by atoms with Gasteiger partial charge in [0.05, 0.1) is 5.92 Å². The summed E-state index contributed by atoms with van der Waals surface area (Å²) in [5.41, 5.74) is 10.1. The molecule has 0 bridgehead atoms. The lowest BCUT2D eigenvalue weighted by atomic mass is 9.90. The molecule has 4 N–H and O–H groups in total. The van der Waals surface area contributed by atoms with Crippen molar-refractivity contribution in [2.24, 2.45) is 17.4 Å². The van der Waals surface area contributed by atoms with Crippen molar-refractivity contribution < 1.29 is 4.79 Å². The molecular weight excluding hydrogens is 116 g/mol. The lowest BCUT2D eigenvalue weighted by Gasteiger charge is -2.23. The van der Waals surface area contributed by atoms with Gasteiger partial charge in [-0.1, -0.05) is 6.92 Å². The van der Waals surface area contributed by atoms with Crippen LogP contribution in [0.1, 0.15) is 20.8 Å². The number of hydrogen-bond donors (Lipinski definition) is 2. The van der Waals surface area contributed by atoms with Crippen molar-refractivity contribution >= 4 is 5.91 Å². The SMILES string of the molecule is CC(C(N)=O)C(C)(C)N. The summed E-state index contributed by atoms with van der Waals surface area (Å²) >= 11 is 0. The van der Waals surface area contributed by atoms with Crippen molar-refractivity contribution in [1.29, 1.82) is 0 Å². The molecule has 1 unspecified atom stereocenters. The van der Waals surface area contributed by atoms with Gasteiger partial charge in [0.2, 0.25) is 5.91 Å². The summed E-state index contributed by atoms with van der Waals surface area (Å²) in [4.78, 5) is 10.5. The highest BCUT2D eigenvalue weighted by molar-refractivity contribution is 5.77. The van der Waals surface area contributed by atoms with Crippen molar-refractivity contribution in [1.82, 2.24) is 0 Å². The maximum atomic E-state index is 10.5. The predicted molar refractivity (Wildman–Crippen MR) is 36.6 cm³/mol. The second kappa shape index (κ2) is 2.35. The van der Waals surface area contributed by atoms with Crippen molar-refractivity contribution in [3.63, 3.8) is 0 Å². The highest BCUT2D eigenvalue weighted by Crippen LogP contribution is 2.10. The molecule has 1 amide bonds. The van der Waals surface area contributed by atoms with E-state index in [-0.39, 0.29) is 11.8 Å². The van der Waals surface area contributed by atoms with Crippen LogP contribution in [0, 0.1) is 5.92 Å². The van der Waals surface area contributed by atoms with Crippen LogP contribution >= 0.6 is 0 Å². The van der Waals surface area contributed by atoms with Gasteiger partial charge in [0.25, 0.3) is 0 Å². The molecule has 0 spiro atoms. The molecule has 0 saturated carbocycles. The molecule has 0 rings (SSSR count). The Labute approximate surface area is 55.4 Å². The van der Waals surface area contributed by atoms with Crippen LogP contribution in [0.2, 0.25) is 0 Å². The Bertz CT molecular complexity index is 115. The van der Waals surface area contributed by atoms with Gasteiger partial charge in [-0.15, -0.1) is 0 Å². The van der Waals surface area contributed by atoms with Gasteiger partial charge in [-0.05, 0) is 13.8 Å². The van der Waals surface area contributed by atoms with Crippen molar-refractivity contribution in [2.45, 2.75) is 26.3 Å². The smallest absolute Gasteiger partial charge is 0.222 e. The summed E-state index contributed by atoms with van der Waals surface area (Å²) in [5, 5.41) is 0. The third kappa shape index (κ3) is 2.46. The number of carbonyl (C=O) groups is 1. The molecule has 0 aliphatic carbocycles. The van der Waals surface area contributed by atoms with Crippen molar-refractivity contribution in [2.75, 3.05) is 0 Å². The van der Waals surface area contributed by atoms with Crippen molar-refractivity contribution in [3.05, 3.63) is 0 Å². The average molecular weight is 130 g/mol. The average Bonchev–Trinajstić information content (AvgIpc) is 1.62. The van der Waals surface area contributed by atoms with E-state index in [1.165, 1.54) is 0 Å². The first-order valence-electron chi connectivity index (χ1n) is 2.94. The Hall–Kier alpha value is -0.570. The van der Waals surface area contributed by atoms with Crippen LogP contribution in [0.25, 0.3) is 0 Å². The fourth-order valence-electron chi connectivity index (χ4n) is 0.367. The van der Waals surface area contributed by atoms with Gasteiger partial charge >= 0.3 is 0 Å². The van der Waals surface area contributed by atoms with Gasteiger partial charge in [-0.3, -0.25) is 4.79 Å². The van der Waals surface area contributed by atoms with Crippen LogP contribution in [-0.4, -0.2) is 11.4 Å². The van der Waals surface area contributed by atoms with E-state index in [2.05, 4.69) is 0 Å². The number of amides is 1. The van der Waals surface area contributed by atoms with Gasteiger partial charge < -0.3 is 11.5 Å². The zero-order valence-electron chi connectivity index (χ0n) is 6.14. The maximum absolute atomic E-state index is 10.5. The van der Waals surface area contributed by atoms with Crippen molar-refractivity contribution in [3.8, 4) is 0 Å². The summed E-state index contributed by atoms with van der Waals surface area (Å²) in [6.45, 7) is 5.28. The Morgan fingerprint density at radius 2 is 1.89 bits per heavy atom. The summed E-state index contributed by atoms with van der Waals surface area (Å²) in [6.07, 6.45) is 0. The van der Waals surface area contributed by atoms with Gasteiger partial charge in [0, 0.05) is 5.54 Å². The molecule has 0 aromatic rings. The molecule has 1 atom stereocenters. The molecule has 0 aliphatic rings. The largest absolute Gasteiger partial charge is 0.369 e. The highest BCUT2D eigenvalue weighted by Gasteiger charge is 2.24. The first-order chi connectivity index (χ1) is 3.85. The number of hydrogen-bond acceptors (Lipinski definition) is 2. The van der Waals surface area contributed by atoms with Crippen LogP contribution in [-0.2, 0) is 4.79 Å². The fourth-order valence-corrected chi connectivity index (χ4v) is 0.367. The van der Waals surface area contributed by atoms with Gasteiger partial charge in [-0.2, -0.15) is 0 Å². The number of primary amides is 1. The minimum Gasteiger partial charge on any atom is -0.369 e. The lowest BCUT2D eigenvalue weighted by Crippen LogP contribution is -2.45. The van der Waals surface area contributed by atoms with E-state index in [1.807, 2.05) is 0 Å². The standard InChI is InChI=1S/C6H14N2O/c1-4(5(7)9)6(2,3)8/h4H,8H2,1-3H3,(H2,7,9). The highest BCUT2D eigenvalue weighted by atomic mass is 16.1. The lowest BCUT2D eigenvalue weighted by molar-refractivity contribution is -0.122. The summed E-state index contributed by atoms with van der Waals surface area (Å²) in [6, 6.07) is 0. The van der Waals surface area contributed by atoms with Crippen LogP contribution in [0.15, 0.2) is 0 Å². The Morgan fingerprint density at radius 3 is 1.89 bits per heavy atom. The van der Waals surface area contributed by atoms with Crippen LogP contribution in [0.3, 0.4) is 0 Å². The van der Waals surface area contributed by atoms with E-state index in [4.69, 9.17) is 11.5 Å². The third-order valence-corrected chi connectivity index (χ3v) is 1.54. The third-order valence-electron chi connectivity index (χ3n) is 1.54. The molecule has 9 heavy (non-hydrogen) atoms. The molecule has 0 saturated heterocycles. The van der Waals surface area contributed by atoms with E-state index >= 15 is 0 Å². The normalized spacial score (nSPS) is 15.1. The molecule has 0 aromatic heterocycles. The van der Waals surface area contributed by atoms with E-state index < -0.39 is 5.54 Å². The van der Waals surface area contributed by atoms with Crippen LogP contribution in [0.5, 0.6) is 0 Å². The zero-order valence-corrected chi connectivity index (χ0v) is 6.14. The fraction of sp³-hybridized carbons (Fsp3) is 0.833. The summed E-state index contributed by atoms with van der Waals surface area (Å²) < 4.78 is 0. The summed E-state index contributed by atoms with van der Waals surface area (Å²) in [7, 11) is 0.